The van der Waals surface area contributed by atoms with E-state index in [1.54, 1.807) is 29.4 Å². The average Bonchev–Trinajstić information content (AvgIpc) is 3.11. The van der Waals surface area contributed by atoms with Gasteiger partial charge in [0.1, 0.15) is 12.2 Å². The number of nitrogens with zero attached hydrogens (tertiary/aromatic N) is 6. The average molecular weight is 286 g/mol. The Morgan fingerprint density at radius 1 is 1.29 bits per heavy atom. The van der Waals surface area contributed by atoms with Crippen LogP contribution >= 0.6 is 0 Å². The molecule has 0 bridgehead atoms. The predicted molar refractivity (Wildman–Crippen MR) is 77.2 cm³/mol. The maximum absolute atomic E-state index is 5.73. The van der Waals surface area contributed by atoms with Crippen molar-refractivity contribution in [3.05, 3.63) is 42.5 Å². The number of rotatable bonds is 5. The van der Waals surface area contributed by atoms with Crippen LogP contribution in [0, 0.1) is 0 Å². The van der Waals surface area contributed by atoms with Crippen molar-refractivity contribution >= 4 is 5.52 Å². The molecule has 0 saturated heterocycles. The van der Waals surface area contributed by atoms with E-state index < -0.39 is 0 Å². The molecule has 1 unspecified atom stereocenters. The Morgan fingerprint density at radius 3 is 2.90 bits per heavy atom. The molecular weight excluding hydrogens is 268 g/mol. The molecule has 8 nitrogen and oxygen atoms in total. The maximum Gasteiger partial charge on any atom is 0.138 e. The van der Waals surface area contributed by atoms with Crippen molar-refractivity contribution in [3.8, 4) is 0 Å². The van der Waals surface area contributed by atoms with E-state index in [4.69, 9.17) is 5.84 Å². The Bertz CT molecular complexity index is 728. The molecule has 0 amide bonds. The monoisotopic (exact) mass is 286 g/mol. The minimum Gasteiger partial charge on any atom is -0.271 e. The van der Waals surface area contributed by atoms with Crippen LogP contribution in [0.1, 0.15) is 37.3 Å². The normalized spacial score (nSPS) is 13.1. The number of hydrogen-bond donors (Lipinski definition) is 2. The number of hydrogen-bond acceptors (Lipinski definition) is 6. The Hall–Kier alpha value is -2.32. The van der Waals surface area contributed by atoms with Gasteiger partial charge in [-0.15, -0.1) is 0 Å². The molecule has 0 saturated carbocycles. The molecule has 8 heteroatoms. The van der Waals surface area contributed by atoms with Crippen molar-refractivity contribution in [3.63, 3.8) is 0 Å². The third-order valence-corrected chi connectivity index (χ3v) is 3.45. The first kappa shape index (κ1) is 13.7. The molecule has 0 radical (unpaired) electrons. The second-order valence-corrected chi connectivity index (χ2v) is 5.14. The fraction of sp³-hybridized carbons (Fsp3) is 0.385. The molecule has 3 aromatic heterocycles. The van der Waals surface area contributed by atoms with Gasteiger partial charge < -0.3 is 0 Å². The molecule has 3 heterocycles. The van der Waals surface area contributed by atoms with Gasteiger partial charge in [0.25, 0.3) is 0 Å². The second-order valence-electron chi connectivity index (χ2n) is 5.14. The SMILES string of the molecule is CC(C)n1ncnc1CC(NN)c1cnn2ccncc12. The topological polar surface area (TPSA) is 99.0 Å². The van der Waals surface area contributed by atoms with E-state index in [0.717, 1.165) is 16.9 Å². The minimum atomic E-state index is -0.103. The lowest BCUT2D eigenvalue weighted by Gasteiger charge is -2.16. The van der Waals surface area contributed by atoms with Crippen molar-refractivity contribution in [2.75, 3.05) is 0 Å². The smallest absolute Gasteiger partial charge is 0.138 e. The van der Waals surface area contributed by atoms with Crippen LogP contribution in [0.2, 0.25) is 0 Å². The van der Waals surface area contributed by atoms with Crippen LogP contribution in [0.4, 0.5) is 0 Å². The van der Waals surface area contributed by atoms with Gasteiger partial charge in [-0.3, -0.25) is 16.3 Å². The number of fused-ring (bicyclic) bond motifs is 1. The molecular formula is C13H18N8. The highest BCUT2D eigenvalue weighted by molar-refractivity contribution is 5.53. The molecule has 0 aliphatic rings. The van der Waals surface area contributed by atoms with E-state index in [0.29, 0.717) is 6.42 Å². The van der Waals surface area contributed by atoms with Crippen molar-refractivity contribution < 1.29 is 0 Å². The van der Waals surface area contributed by atoms with Crippen molar-refractivity contribution in [1.29, 1.82) is 0 Å². The van der Waals surface area contributed by atoms with E-state index in [1.165, 1.54) is 0 Å². The van der Waals surface area contributed by atoms with Gasteiger partial charge in [-0.25, -0.2) is 14.2 Å². The van der Waals surface area contributed by atoms with E-state index in [9.17, 15) is 0 Å². The molecule has 3 rings (SSSR count). The van der Waals surface area contributed by atoms with Gasteiger partial charge in [-0.2, -0.15) is 10.2 Å². The lowest BCUT2D eigenvalue weighted by molar-refractivity contribution is 0.469. The largest absolute Gasteiger partial charge is 0.271 e. The number of hydrazine groups is 1. The standard InChI is InChI=1S/C13H18N8/c1-9(2)21-13(16-8-18-21)5-11(19-14)10-6-17-20-4-3-15-7-12(10)20/h3-4,6-9,11,19H,5,14H2,1-2H3. The highest BCUT2D eigenvalue weighted by Crippen LogP contribution is 2.21. The lowest BCUT2D eigenvalue weighted by atomic mass is 10.1. The van der Waals surface area contributed by atoms with E-state index in [2.05, 4.69) is 39.4 Å². The fourth-order valence-electron chi connectivity index (χ4n) is 2.41. The summed E-state index contributed by atoms with van der Waals surface area (Å²) < 4.78 is 3.67. The summed E-state index contributed by atoms with van der Waals surface area (Å²) in [4.78, 5) is 8.47. The van der Waals surface area contributed by atoms with Gasteiger partial charge in [-0.1, -0.05) is 0 Å². The Morgan fingerprint density at radius 2 is 2.14 bits per heavy atom. The first-order valence-electron chi connectivity index (χ1n) is 6.82. The summed E-state index contributed by atoms with van der Waals surface area (Å²) in [5, 5.41) is 8.56. The van der Waals surface area contributed by atoms with Crippen LogP contribution in [0.5, 0.6) is 0 Å². The maximum atomic E-state index is 5.73. The summed E-state index contributed by atoms with van der Waals surface area (Å²) >= 11 is 0. The van der Waals surface area contributed by atoms with Crippen LogP contribution in [-0.4, -0.2) is 29.4 Å². The van der Waals surface area contributed by atoms with E-state index >= 15 is 0 Å². The summed E-state index contributed by atoms with van der Waals surface area (Å²) in [6, 6.07) is 0.153. The molecule has 0 aliphatic carbocycles. The van der Waals surface area contributed by atoms with Crippen molar-refractivity contribution in [2.45, 2.75) is 32.4 Å². The van der Waals surface area contributed by atoms with Crippen LogP contribution in [0.15, 0.2) is 31.1 Å². The quantitative estimate of drug-likeness (QED) is 0.528. The Kier molecular flexibility index (Phi) is 3.63. The zero-order chi connectivity index (χ0) is 14.8. The Labute approximate surface area is 122 Å². The van der Waals surface area contributed by atoms with Crippen LogP contribution in [0.3, 0.4) is 0 Å². The number of aromatic nitrogens is 6. The third kappa shape index (κ3) is 2.50. The zero-order valence-electron chi connectivity index (χ0n) is 12.0. The summed E-state index contributed by atoms with van der Waals surface area (Å²) in [6.07, 6.45) is 9.29. The highest BCUT2D eigenvalue weighted by Gasteiger charge is 2.19. The number of nitrogens with two attached hydrogens (primary N) is 1. The summed E-state index contributed by atoms with van der Waals surface area (Å²) in [7, 11) is 0. The minimum absolute atomic E-state index is 0.103. The molecule has 0 aromatic carbocycles. The fourth-order valence-corrected chi connectivity index (χ4v) is 2.41. The van der Waals surface area contributed by atoms with Gasteiger partial charge in [0.05, 0.1) is 24.0 Å². The van der Waals surface area contributed by atoms with E-state index in [1.807, 2.05) is 10.9 Å². The summed E-state index contributed by atoms with van der Waals surface area (Å²) in [6.45, 7) is 4.14. The van der Waals surface area contributed by atoms with Crippen molar-refractivity contribution in [2.24, 2.45) is 5.84 Å². The van der Waals surface area contributed by atoms with Crippen molar-refractivity contribution in [1.82, 2.24) is 34.8 Å². The lowest BCUT2D eigenvalue weighted by Crippen LogP contribution is -2.30. The zero-order valence-corrected chi connectivity index (χ0v) is 12.0. The van der Waals surface area contributed by atoms with Crippen LogP contribution in [-0.2, 0) is 6.42 Å². The molecule has 3 N–H and O–H groups in total. The number of nitrogens with one attached hydrogen (secondary N) is 1. The van der Waals surface area contributed by atoms with Crippen LogP contribution in [0.25, 0.3) is 5.52 Å². The molecule has 0 aliphatic heterocycles. The molecule has 3 aromatic rings. The van der Waals surface area contributed by atoms with Crippen LogP contribution < -0.4 is 11.3 Å². The third-order valence-electron chi connectivity index (χ3n) is 3.45. The second kappa shape index (κ2) is 5.58. The van der Waals surface area contributed by atoms with Gasteiger partial charge in [-0.05, 0) is 13.8 Å². The molecule has 21 heavy (non-hydrogen) atoms. The summed E-state index contributed by atoms with van der Waals surface area (Å²) in [5.74, 6) is 6.62. The molecule has 1 atom stereocenters. The first-order chi connectivity index (χ1) is 10.2. The van der Waals surface area contributed by atoms with Gasteiger partial charge in [0, 0.05) is 30.4 Å². The van der Waals surface area contributed by atoms with Gasteiger partial charge >= 0.3 is 0 Å². The van der Waals surface area contributed by atoms with Gasteiger partial charge in [0.15, 0.2) is 0 Å². The molecule has 0 fully saturated rings. The summed E-state index contributed by atoms with van der Waals surface area (Å²) in [5.41, 5.74) is 4.76. The van der Waals surface area contributed by atoms with Gasteiger partial charge in [0.2, 0.25) is 0 Å². The molecule has 0 spiro atoms. The first-order valence-corrected chi connectivity index (χ1v) is 6.82. The highest BCUT2D eigenvalue weighted by atomic mass is 15.3. The van der Waals surface area contributed by atoms with E-state index in [-0.39, 0.29) is 12.1 Å². The Balaban J connectivity index is 1.93. The predicted octanol–water partition coefficient (Wildman–Crippen LogP) is 0.649. The molecule has 110 valence electrons.